The van der Waals surface area contributed by atoms with Crippen molar-refractivity contribution < 1.29 is 56.1 Å². The average Bonchev–Trinajstić information content (AvgIpc) is 1.62. The lowest BCUT2D eigenvalue weighted by molar-refractivity contribution is -0.126. The highest BCUT2D eigenvalue weighted by molar-refractivity contribution is 6.07. The summed E-state index contributed by atoms with van der Waals surface area (Å²) in [5, 5.41) is 19.0. The molecule has 0 unspecified atom stereocenters. The van der Waals surface area contributed by atoms with Crippen molar-refractivity contribution in [3.05, 3.63) is 89.9 Å². The maximum absolute atomic E-state index is 16.0. The third-order valence-electron chi connectivity index (χ3n) is 25.5. The van der Waals surface area contributed by atoms with Crippen molar-refractivity contribution in [1.29, 1.82) is 0 Å². The molecule has 122 heavy (non-hydrogen) atoms. The normalized spacial score (nSPS) is 24.0. The molecule has 0 radical (unpaired) electrons. The van der Waals surface area contributed by atoms with E-state index >= 15 is 13.2 Å². The summed E-state index contributed by atoms with van der Waals surface area (Å²) >= 11 is 0. The summed E-state index contributed by atoms with van der Waals surface area (Å²) in [7, 11) is 13.3. The van der Waals surface area contributed by atoms with Crippen molar-refractivity contribution in [1.82, 2.24) is 60.6 Å². The van der Waals surface area contributed by atoms with Gasteiger partial charge in [-0.3, -0.25) is 28.8 Å². The molecule has 6 amide bonds. The summed E-state index contributed by atoms with van der Waals surface area (Å²) < 4.78 is 64.3. The van der Waals surface area contributed by atoms with Crippen LogP contribution in [0.5, 0.6) is 17.2 Å². The van der Waals surface area contributed by atoms with Gasteiger partial charge in [0.2, 0.25) is 17.8 Å². The maximum atomic E-state index is 16.0. The van der Waals surface area contributed by atoms with Gasteiger partial charge in [0.15, 0.2) is 17.5 Å². The first-order chi connectivity index (χ1) is 58.7. The number of aromatic nitrogens is 6. The van der Waals surface area contributed by atoms with E-state index in [9.17, 15) is 28.8 Å². The number of anilines is 12. The van der Waals surface area contributed by atoms with Crippen molar-refractivity contribution in [3.63, 3.8) is 0 Å². The SMILES string of the molecule is C#C[C@@]1(F)CN(C2CCCC2)c2nc(Nc3ccc(C(=O)N[C@H]4CN5CCC4CC5)cc3OC)ncc2N(C)C1=O.C#C[C@]1(F)CN(C2CCCC2)c2nc(Nc3ccc(C(=O)NC4CCN(C)CC4)cc3OC)ncc2N(C)C1=O.CC#C[C@@]1(F)CN(C2CCCC2)c2nc(Nc3ccc(C(=O)NC4CCN(C)CC4)cc3OC)ncc2N(C)C1=O. The van der Waals surface area contributed by atoms with E-state index in [0.29, 0.717) is 91.4 Å². The molecule has 33 heteroatoms. The maximum Gasteiger partial charge on any atom is 0.279 e. The second kappa shape index (κ2) is 37.3. The summed E-state index contributed by atoms with van der Waals surface area (Å²) in [4.78, 5) is 122. The Hall–Kier alpha value is -11.7. The van der Waals surface area contributed by atoms with Gasteiger partial charge in [-0.2, -0.15) is 15.0 Å². The van der Waals surface area contributed by atoms with E-state index in [1.54, 1.807) is 54.6 Å². The Kier molecular flexibility index (Phi) is 26.5. The lowest BCUT2D eigenvalue weighted by Gasteiger charge is -2.44. The minimum atomic E-state index is -2.47. The zero-order chi connectivity index (χ0) is 86.3. The zero-order valence-corrected chi connectivity index (χ0v) is 70.9. The molecule has 5 saturated heterocycles. The van der Waals surface area contributed by atoms with Gasteiger partial charge in [-0.1, -0.05) is 56.3 Å². The molecule has 8 fully saturated rings. The molecule has 3 aromatic heterocycles. The predicted octanol–water partition coefficient (Wildman–Crippen LogP) is 9.75. The van der Waals surface area contributed by atoms with Crippen molar-refractivity contribution in [2.75, 3.05) is 167 Å². The molecule has 4 atom stereocenters. The minimum absolute atomic E-state index is 0.0150. The van der Waals surface area contributed by atoms with Crippen molar-refractivity contribution >= 4 is 105 Å². The number of carbonyl (C=O) groups is 6. The van der Waals surface area contributed by atoms with E-state index < -0.39 is 34.7 Å². The molecule has 3 aliphatic carbocycles. The Bertz CT molecular complexity index is 5040. The van der Waals surface area contributed by atoms with Gasteiger partial charge in [-0.15, -0.1) is 18.8 Å². The molecule has 6 aromatic rings. The molecule has 2 bridgehead atoms. The van der Waals surface area contributed by atoms with Gasteiger partial charge < -0.3 is 90.2 Å². The average molecular weight is 1670 g/mol. The summed E-state index contributed by atoms with van der Waals surface area (Å²) in [6.45, 7) is 7.73. The fraction of sp³-hybridized carbons (Fsp3) is 0.528. The number of nitrogens with zero attached hydrogens (tertiary/aromatic N) is 15. The molecule has 8 aliphatic heterocycles. The quantitative estimate of drug-likeness (QED) is 0.0436. The number of nitrogens with one attached hydrogen (secondary N) is 6. The van der Waals surface area contributed by atoms with E-state index in [2.05, 4.69) is 99.3 Å². The highest BCUT2D eigenvalue weighted by Gasteiger charge is 2.51. The Morgan fingerprint density at radius 1 is 0.451 bits per heavy atom. The number of likely N-dealkylation sites (tertiary alicyclic amines) is 2. The molecule has 6 N–H and O–H groups in total. The van der Waals surface area contributed by atoms with Crippen LogP contribution in [0.15, 0.2) is 73.2 Å². The number of methoxy groups -OCH3 is 3. The molecule has 11 heterocycles. The number of alkyl halides is 3. The third-order valence-corrected chi connectivity index (χ3v) is 25.5. The number of piperidine rings is 5. The number of fused-ring (bicyclic) bond motifs is 6. The summed E-state index contributed by atoms with van der Waals surface area (Å²) in [6.07, 6.45) is 32.8. The van der Waals surface area contributed by atoms with Crippen LogP contribution in [0.25, 0.3) is 0 Å². The first-order valence-corrected chi connectivity index (χ1v) is 42.3. The Labute approximate surface area is 710 Å². The number of hydrogen-bond donors (Lipinski definition) is 6. The number of ether oxygens (including phenoxy) is 3. The fourth-order valence-electron chi connectivity index (χ4n) is 18.3. The van der Waals surface area contributed by atoms with E-state index in [0.717, 1.165) is 161 Å². The Morgan fingerprint density at radius 3 is 1.07 bits per heavy atom. The molecular formula is C89H110F3N21O9. The van der Waals surface area contributed by atoms with Crippen molar-refractivity contribution in [2.24, 2.45) is 5.92 Å². The van der Waals surface area contributed by atoms with Crippen molar-refractivity contribution in [3.8, 4) is 53.8 Å². The second-order valence-electron chi connectivity index (χ2n) is 33.5. The fourth-order valence-corrected chi connectivity index (χ4v) is 18.3. The lowest BCUT2D eigenvalue weighted by Crippen LogP contribution is -2.57. The number of amides is 6. The monoisotopic (exact) mass is 1670 g/mol. The van der Waals surface area contributed by atoms with Gasteiger partial charge in [-0.05, 0) is 198 Å². The predicted molar refractivity (Wildman–Crippen MR) is 463 cm³/mol. The van der Waals surface area contributed by atoms with Crippen LogP contribution in [0.2, 0.25) is 0 Å². The van der Waals surface area contributed by atoms with E-state index in [4.69, 9.17) is 42.0 Å². The number of benzene rings is 3. The van der Waals surface area contributed by atoms with Crippen LogP contribution >= 0.6 is 0 Å². The minimum Gasteiger partial charge on any atom is -0.495 e. The highest BCUT2D eigenvalue weighted by atomic mass is 19.2. The van der Waals surface area contributed by atoms with Crippen LogP contribution in [0, 0.1) is 42.4 Å². The van der Waals surface area contributed by atoms with Gasteiger partial charge in [-0.25, -0.2) is 28.1 Å². The number of hydrogen-bond acceptors (Lipinski definition) is 24. The summed E-state index contributed by atoms with van der Waals surface area (Å²) in [5.74, 6) is 10.6. The smallest absolute Gasteiger partial charge is 0.279 e. The summed E-state index contributed by atoms with van der Waals surface area (Å²) in [5.41, 5.74) is -2.88. The van der Waals surface area contributed by atoms with Gasteiger partial charge in [0.25, 0.3) is 52.4 Å². The molecule has 646 valence electrons. The van der Waals surface area contributed by atoms with Crippen LogP contribution < -0.4 is 75.5 Å². The van der Waals surface area contributed by atoms with Crippen LogP contribution in [0.3, 0.4) is 0 Å². The van der Waals surface area contributed by atoms with E-state index in [1.165, 1.54) is 82.7 Å². The number of terminal acetylenes is 2. The Morgan fingerprint density at radius 2 is 0.770 bits per heavy atom. The largest absolute Gasteiger partial charge is 0.495 e. The lowest BCUT2D eigenvalue weighted by atomic mass is 9.84. The molecule has 3 aromatic carbocycles. The van der Waals surface area contributed by atoms with Crippen LogP contribution in [0.4, 0.5) is 82.6 Å². The van der Waals surface area contributed by atoms with Crippen LogP contribution in [0.1, 0.15) is 154 Å². The van der Waals surface area contributed by atoms with Gasteiger partial charge in [0, 0.05) is 80.6 Å². The zero-order valence-electron chi connectivity index (χ0n) is 70.9. The van der Waals surface area contributed by atoms with Crippen LogP contribution in [-0.2, 0) is 14.4 Å². The van der Waals surface area contributed by atoms with Crippen LogP contribution in [-0.4, -0.2) is 255 Å². The van der Waals surface area contributed by atoms with Gasteiger partial charge in [0.05, 0.1) is 76.6 Å². The summed E-state index contributed by atoms with van der Waals surface area (Å²) in [6, 6.07) is 16.0. The van der Waals surface area contributed by atoms with Crippen molar-refractivity contribution in [2.45, 2.75) is 176 Å². The molecule has 0 spiro atoms. The first-order valence-electron chi connectivity index (χ1n) is 42.3. The molecule has 11 aliphatic rings. The van der Waals surface area contributed by atoms with Gasteiger partial charge >= 0.3 is 0 Å². The Balaban J connectivity index is 0.000000149. The number of carbonyl (C=O) groups excluding carboxylic acids is 6. The van der Waals surface area contributed by atoms with E-state index in [-0.39, 0.29) is 91.5 Å². The van der Waals surface area contributed by atoms with E-state index in [1.807, 2.05) is 14.7 Å². The topological polar surface area (TPSA) is 309 Å². The number of halogens is 3. The molecule has 30 nitrogen and oxygen atoms in total. The molecule has 3 saturated carbocycles. The molecular weight excluding hydrogens is 1560 g/mol. The number of rotatable bonds is 18. The first kappa shape index (κ1) is 86.6. The standard InChI is InChI=1S/C30H36FN7O3.C30H38FN7O3.C29H36FN7O3/c1-4-30(31)18-38(21-7-5-6-8-21)26-24(36(2)28(30)40)16-32-29(35-26)34-22-10-9-20(15-25(22)41-3)27(39)33-23-17-37-13-11-19(23)12-14-37;1-5-14-30(31)19-38(22-8-6-7-9-22)26-24(37(3)28(30)40)18-32-29(35-26)34-23-11-10-20(17-25(23)41-4)27(39)33-21-12-15-36(2)16-13-21;1-5-29(30)18-37(21-8-6-7-9-21)25-23(36(3)27(29)39)17-31-28(34-25)33-22-11-10-19(16-24(22)40-4)26(38)32-20-12-14-35(2)15-13-20/h1,9-10,15-16,19,21,23H,5-8,11-14,17-18H2,2-3H3,(H,33,39)(H,32,34,35);10-11,17-18,21-22H,6-9,12-13,15-16,19H2,1-4H3,(H,33,39)(H,32,34,35);1,10-11,16-17,20-21H,6-9,12-15,18H2,2-4H3,(H,32,38)(H,31,33,34)/t23-,30+;30-;29-/m010/s1. The highest BCUT2D eigenvalue weighted by Crippen LogP contribution is 2.45. The molecule has 17 rings (SSSR count). The van der Waals surface area contributed by atoms with Gasteiger partial charge in [0.1, 0.15) is 34.3 Å². The third kappa shape index (κ3) is 18.7. The second-order valence-corrected chi connectivity index (χ2v) is 33.5.